The summed E-state index contributed by atoms with van der Waals surface area (Å²) in [6.07, 6.45) is 3.71. The zero-order valence-corrected chi connectivity index (χ0v) is 13.4. The lowest BCUT2D eigenvalue weighted by Crippen LogP contribution is -2.23. The van der Waals surface area contributed by atoms with Crippen molar-refractivity contribution in [2.45, 2.75) is 65.3 Å². The lowest BCUT2D eigenvalue weighted by molar-refractivity contribution is 0.404. The van der Waals surface area contributed by atoms with Crippen LogP contribution in [0.5, 0.6) is 0 Å². The van der Waals surface area contributed by atoms with Crippen LogP contribution in [0.4, 0.5) is 0 Å². The van der Waals surface area contributed by atoms with Crippen LogP contribution in [-0.4, -0.2) is 16.6 Å². The second kappa shape index (κ2) is 6.62. The highest BCUT2D eigenvalue weighted by Gasteiger charge is 2.27. The molecule has 0 aromatic carbocycles. The molecular weight excluding hydrogens is 242 g/mol. The van der Waals surface area contributed by atoms with E-state index in [2.05, 4.69) is 49.5 Å². The molecule has 0 radical (unpaired) electrons. The van der Waals surface area contributed by atoms with Gasteiger partial charge in [-0.2, -0.15) is 0 Å². The molecule has 0 fully saturated rings. The summed E-state index contributed by atoms with van der Waals surface area (Å²) in [5.41, 5.74) is 1.22. The van der Waals surface area contributed by atoms with Crippen molar-refractivity contribution >= 4 is 11.5 Å². The first-order valence-electron chi connectivity index (χ1n) is 6.90. The molecular formula is C14H27N3S. The summed E-state index contributed by atoms with van der Waals surface area (Å²) < 4.78 is 4.16. The van der Waals surface area contributed by atoms with Gasteiger partial charge in [-0.05, 0) is 30.9 Å². The fourth-order valence-electron chi connectivity index (χ4n) is 2.31. The molecule has 0 saturated heterocycles. The monoisotopic (exact) mass is 269 g/mol. The minimum absolute atomic E-state index is 0.0748. The SMILES string of the molecule is CCCC(C)CC(NC)c1snnc1C(C)(C)C. The predicted molar refractivity (Wildman–Crippen MR) is 79.1 cm³/mol. The first-order chi connectivity index (χ1) is 8.40. The molecule has 0 bridgehead atoms. The Morgan fingerprint density at radius 2 is 2.00 bits per heavy atom. The van der Waals surface area contributed by atoms with E-state index in [0.717, 1.165) is 18.0 Å². The Bertz CT molecular complexity index is 354. The second-order valence-corrected chi connectivity index (χ2v) is 6.99. The van der Waals surface area contributed by atoms with Gasteiger partial charge in [0.15, 0.2) is 0 Å². The number of nitrogens with zero attached hydrogens (tertiary/aromatic N) is 2. The summed E-state index contributed by atoms with van der Waals surface area (Å²) in [5.74, 6) is 0.738. The standard InChI is InChI=1S/C14H27N3S/c1-7-8-10(2)9-11(15-6)12-13(14(3,4)5)16-17-18-12/h10-11,15H,7-9H2,1-6H3. The van der Waals surface area contributed by atoms with Crippen molar-refractivity contribution in [3.8, 4) is 0 Å². The molecule has 2 atom stereocenters. The fraction of sp³-hybridized carbons (Fsp3) is 0.857. The van der Waals surface area contributed by atoms with Crippen molar-refractivity contribution < 1.29 is 0 Å². The molecule has 1 rings (SSSR count). The lowest BCUT2D eigenvalue weighted by atomic mass is 9.88. The van der Waals surface area contributed by atoms with Gasteiger partial charge in [-0.25, -0.2) is 0 Å². The average Bonchev–Trinajstić information content (AvgIpc) is 2.74. The molecule has 0 aliphatic carbocycles. The Morgan fingerprint density at radius 3 is 2.50 bits per heavy atom. The third-order valence-corrected chi connectivity index (χ3v) is 4.15. The van der Waals surface area contributed by atoms with Crippen molar-refractivity contribution in [3.05, 3.63) is 10.6 Å². The van der Waals surface area contributed by atoms with E-state index in [4.69, 9.17) is 0 Å². The van der Waals surface area contributed by atoms with Crippen molar-refractivity contribution in [2.24, 2.45) is 5.92 Å². The van der Waals surface area contributed by atoms with E-state index in [1.807, 2.05) is 7.05 Å². The Morgan fingerprint density at radius 1 is 1.33 bits per heavy atom. The molecule has 0 saturated carbocycles. The highest BCUT2D eigenvalue weighted by Crippen LogP contribution is 2.33. The van der Waals surface area contributed by atoms with E-state index >= 15 is 0 Å². The van der Waals surface area contributed by atoms with Crippen LogP contribution in [0, 0.1) is 5.92 Å². The molecule has 4 heteroatoms. The van der Waals surface area contributed by atoms with Gasteiger partial charge in [0.1, 0.15) is 0 Å². The number of aromatic nitrogens is 2. The van der Waals surface area contributed by atoms with Gasteiger partial charge in [0.25, 0.3) is 0 Å². The molecule has 0 amide bonds. The summed E-state index contributed by atoms with van der Waals surface area (Å²) in [6, 6.07) is 0.390. The summed E-state index contributed by atoms with van der Waals surface area (Å²) in [6.45, 7) is 11.2. The zero-order chi connectivity index (χ0) is 13.8. The van der Waals surface area contributed by atoms with Crippen LogP contribution in [0.25, 0.3) is 0 Å². The van der Waals surface area contributed by atoms with Crippen LogP contribution in [-0.2, 0) is 5.41 Å². The quantitative estimate of drug-likeness (QED) is 0.850. The van der Waals surface area contributed by atoms with Gasteiger partial charge in [-0.3, -0.25) is 0 Å². The second-order valence-electron chi connectivity index (χ2n) is 6.21. The van der Waals surface area contributed by atoms with Gasteiger partial charge >= 0.3 is 0 Å². The van der Waals surface area contributed by atoms with Crippen molar-refractivity contribution in [3.63, 3.8) is 0 Å². The summed E-state index contributed by atoms with van der Waals surface area (Å²) in [7, 11) is 2.04. The van der Waals surface area contributed by atoms with Crippen molar-refractivity contribution in [1.82, 2.24) is 14.9 Å². The lowest BCUT2D eigenvalue weighted by Gasteiger charge is -2.23. The summed E-state index contributed by atoms with van der Waals surface area (Å²) in [4.78, 5) is 1.31. The molecule has 3 nitrogen and oxygen atoms in total. The maximum Gasteiger partial charge on any atom is 0.0857 e. The third-order valence-electron chi connectivity index (χ3n) is 3.31. The third kappa shape index (κ3) is 4.02. The molecule has 0 spiro atoms. The van der Waals surface area contributed by atoms with E-state index in [1.54, 1.807) is 11.5 Å². The molecule has 1 N–H and O–H groups in total. The molecule has 1 heterocycles. The Balaban J connectivity index is 2.86. The topological polar surface area (TPSA) is 37.8 Å². The van der Waals surface area contributed by atoms with E-state index < -0.39 is 0 Å². The van der Waals surface area contributed by atoms with E-state index in [-0.39, 0.29) is 5.41 Å². The van der Waals surface area contributed by atoms with Gasteiger partial charge in [0, 0.05) is 11.5 Å². The van der Waals surface area contributed by atoms with Crippen LogP contribution in [0.2, 0.25) is 0 Å². The predicted octanol–water partition coefficient (Wildman–Crippen LogP) is 3.92. The van der Waals surface area contributed by atoms with Crippen LogP contribution in [0.1, 0.15) is 70.5 Å². The van der Waals surface area contributed by atoms with E-state index in [0.29, 0.717) is 6.04 Å². The number of nitrogens with one attached hydrogen (secondary N) is 1. The maximum atomic E-state index is 4.34. The Hall–Kier alpha value is -0.480. The van der Waals surface area contributed by atoms with Gasteiger partial charge in [0.05, 0.1) is 10.6 Å². The summed E-state index contributed by atoms with van der Waals surface area (Å²) in [5, 5.41) is 7.77. The molecule has 1 aromatic heterocycles. The molecule has 18 heavy (non-hydrogen) atoms. The Kier molecular flexibility index (Phi) is 5.73. The van der Waals surface area contributed by atoms with Crippen LogP contribution >= 0.6 is 11.5 Å². The highest BCUT2D eigenvalue weighted by atomic mass is 32.1. The summed E-state index contributed by atoms with van der Waals surface area (Å²) >= 11 is 1.55. The number of hydrogen-bond donors (Lipinski definition) is 1. The smallest absolute Gasteiger partial charge is 0.0857 e. The Labute approximate surface area is 116 Å². The number of rotatable bonds is 6. The molecule has 1 aromatic rings. The van der Waals surface area contributed by atoms with Crippen molar-refractivity contribution in [1.29, 1.82) is 0 Å². The largest absolute Gasteiger partial charge is 0.312 e. The fourth-order valence-corrected chi connectivity index (χ4v) is 3.30. The van der Waals surface area contributed by atoms with E-state index in [9.17, 15) is 0 Å². The average molecular weight is 269 g/mol. The van der Waals surface area contributed by atoms with Crippen LogP contribution in [0.3, 0.4) is 0 Å². The van der Waals surface area contributed by atoms with Crippen LogP contribution < -0.4 is 5.32 Å². The molecule has 104 valence electrons. The highest BCUT2D eigenvalue weighted by molar-refractivity contribution is 7.05. The minimum Gasteiger partial charge on any atom is -0.312 e. The van der Waals surface area contributed by atoms with Gasteiger partial charge in [0.2, 0.25) is 0 Å². The van der Waals surface area contributed by atoms with E-state index in [1.165, 1.54) is 17.7 Å². The number of hydrogen-bond acceptors (Lipinski definition) is 4. The zero-order valence-electron chi connectivity index (χ0n) is 12.6. The first-order valence-corrected chi connectivity index (χ1v) is 7.67. The minimum atomic E-state index is 0.0748. The first kappa shape index (κ1) is 15.6. The van der Waals surface area contributed by atoms with Gasteiger partial charge in [-0.15, -0.1) is 5.10 Å². The van der Waals surface area contributed by atoms with Gasteiger partial charge in [-0.1, -0.05) is 51.9 Å². The molecule has 2 unspecified atom stereocenters. The molecule has 0 aliphatic heterocycles. The molecule has 0 aliphatic rings. The van der Waals surface area contributed by atoms with Crippen LogP contribution in [0.15, 0.2) is 0 Å². The normalized spacial score (nSPS) is 15.7. The maximum absolute atomic E-state index is 4.34. The van der Waals surface area contributed by atoms with Gasteiger partial charge < -0.3 is 5.32 Å². The van der Waals surface area contributed by atoms with Crippen molar-refractivity contribution in [2.75, 3.05) is 7.05 Å².